The number of amides is 1. The van der Waals surface area contributed by atoms with Crippen LogP contribution in [0.1, 0.15) is 34.2 Å². The Morgan fingerprint density at radius 2 is 0.959 bits per heavy atom. The van der Waals surface area contributed by atoms with Gasteiger partial charge < -0.3 is 47.9 Å². The number of nitrogens with one attached hydrogen (secondary N) is 1. The third-order valence-electron chi connectivity index (χ3n) is 13.4. The first kappa shape index (κ1) is 50.3. The number of anilines is 1. The zero-order valence-corrected chi connectivity index (χ0v) is 41.1. The van der Waals surface area contributed by atoms with Gasteiger partial charge in [-0.15, -0.1) is 0 Å². The van der Waals surface area contributed by atoms with Crippen LogP contribution >= 0.6 is 0 Å². The number of fused-ring (bicyclic) bond motifs is 1. The summed E-state index contributed by atoms with van der Waals surface area (Å²) in [5.41, 5.74) is 7.08. The molecule has 1 aliphatic carbocycles. The highest BCUT2D eigenvalue weighted by Crippen LogP contribution is 2.45. The lowest BCUT2D eigenvalue weighted by Gasteiger charge is -2.47. The molecule has 11 nitrogen and oxygen atoms in total. The molecule has 3 aliphatic rings. The van der Waals surface area contributed by atoms with E-state index in [1.54, 1.807) is 0 Å². The number of ether oxygens (including phenoxy) is 9. The maximum atomic E-state index is 14.4. The fourth-order valence-corrected chi connectivity index (χ4v) is 9.59. The van der Waals surface area contributed by atoms with Crippen molar-refractivity contribution in [3.8, 4) is 11.5 Å². The van der Waals surface area contributed by atoms with Gasteiger partial charge >= 0.3 is 0 Å². The van der Waals surface area contributed by atoms with Gasteiger partial charge in [0.15, 0.2) is 6.29 Å². The Balaban J connectivity index is 0.957. The van der Waals surface area contributed by atoms with Gasteiger partial charge in [0.05, 0.1) is 64.0 Å². The molecule has 2 heterocycles. The summed E-state index contributed by atoms with van der Waals surface area (Å²) in [6.45, 7) is 2.02. The SMILES string of the molecule is O=C(Nc1ccc(Oc2ccccc2)cc1)C1=CO[C@@H](O[C@@H]2O[C@H](COCc3ccccc3)[C@@H](OCc3ccccc3)[C@H](OCc3ccccc3)[C@H]2OCc2ccccc2)[C@@H]2C(COCc3ccccc3)=CC[C@H]12. The third-order valence-corrected chi connectivity index (χ3v) is 13.4. The van der Waals surface area contributed by atoms with Gasteiger partial charge in [0, 0.05) is 11.6 Å². The van der Waals surface area contributed by atoms with E-state index >= 15 is 0 Å². The van der Waals surface area contributed by atoms with Crippen LogP contribution in [0.5, 0.6) is 11.5 Å². The molecule has 11 heteroatoms. The van der Waals surface area contributed by atoms with E-state index in [-0.39, 0.29) is 31.6 Å². The molecule has 1 saturated heterocycles. The highest BCUT2D eigenvalue weighted by atomic mass is 16.8. The quantitative estimate of drug-likeness (QED) is 0.0622. The Morgan fingerprint density at radius 1 is 0.486 bits per heavy atom. The van der Waals surface area contributed by atoms with Gasteiger partial charge in [0.25, 0.3) is 5.91 Å². The summed E-state index contributed by atoms with van der Waals surface area (Å²) in [4.78, 5) is 14.4. The van der Waals surface area contributed by atoms with Crippen LogP contribution in [-0.2, 0) is 75.7 Å². The van der Waals surface area contributed by atoms with E-state index < -0.39 is 42.9 Å². The minimum atomic E-state index is -1.06. The van der Waals surface area contributed by atoms with Crippen LogP contribution in [0.15, 0.2) is 230 Å². The largest absolute Gasteiger partial charge is 0.471 e. The van der Waals surface area contributed by atoms with E-state index in [0.29, 0.717) is 49.9 Å². The van der Waals surface area contributed by atoms with Crippen LogP contribution in [0.4, 0.5) is 5.69 Å². The molecule has 0 bridgehead atoms. The van der Waals surface area contributed by atoms with Crippen LogP contribution in [-0.4, -0.2) is 56.1 Å². The number of carbonyl (C=O) groups excluding carboxylic acids is 1. The summed E-state index contributed by atoms with van der Waals surface area (Å²) < 4.78 is 60.7. The predicted octanol–water partition coefficient (Wildman–Crippen LogP) is 12.2. The van der Waals surface area contributed by atoms with Gasteiger partial charge in [-0.1, -0.05) is 176 Å². The lowest BCUT2D eigenvalue weighted by atomic mass is 9.83. The van der Waals surface area contributed by atoms with E-state index in [4.69, 9.17) is 42.6 Å². The summed E-state index contributed by atoms with van der Waals surface area (Å²) in [6, 6.07) is 67.0. The number of carbonyl (C=O) groups is 1. The Hall–Kier alpha value is -7.19. The number of hydrogen-bond acceptors (Lipinski definition) is 10. The number of rotatable bonds is 23. The summed E-state index contributed by atoms with van der Waals surface area (Å²) in [5.74, 6) is 0.350. The topological polar surface area (TPSA) is 112 Å². The molecule has 7 aromatic rings. The monoisotopic (exact) mass is 991 g/mol. The second-order valence-corrected chi connectivity index (χ2v) is 18.6. The van der Waals surface area contributed by atoms with Crippen molar-refractivity contribution in [1.29, 1.82) is 0 Å². The van der Waals surface area contributed by atoms with E-state index in [1.807, 2.05) is 206 Å². The number of benzene rings is 7. The lowest BCUT2D eigenvalue weighted by molar-refractivity contribution is -0.358. The van der Waals surface area contributed by atoms with Crippen molar-refractivity contribution in [2.75, 3.05) is 18.5 Å². The fraction of sp³-hybridized carbons (Fsp3) is 0.254. The molecule has 8 atom stereocenters. The van der Waals surface area contributed by atoms with Gasteiger partial charge in [-0.2, -0.15) is 0 Å². The number of para-hydroxylation sites is 1. The van der Waals surface area contributed by atoms with E-state index in [0.717, 1.165) is 39.1 Å². The molecule has 2 aliphatic heterocycles. The first-order valence-electron chi connectivity index (χ1n) is 25.3. The van der Waals surface area contributed by atoms with Crippen molar-refractivity contribution < 1.29 is 47.4 Å². The van der Waals surface area contributed by atoms with Gasteiger partial charge in [-0.05, 0) is 76.2 Å². The minimum absolute atomic E-state index is 0.157. The molecule has 7 aromatic carbocycles. The van der Waals surface area contributed by atoms with Crippen molar-refractivity contribution in [1.82, 2.24) is 0 Å². The molecule has 0 saturated carbocycles. The fourth-order valence-electron chi connectivity index (χ4n) is 9.59. The smallest absolute Gasteiger partial charge is 0.255 e. The molecule has 1 N–H and O–H groups in total. The number of allylic oxidation sites excluding steroid dienone is 1. The molecule has 0 spiro atoms. The Labute approximate surface area is 433 Å². The molecule has 74 heavy (non-hydrogen) atoms. The Morgan fingerprint density at radius 3 is 1.51 bits per heavy atom. The summed E-state index contributed by atoms with van der Waals surface area (Å²) >= 11 is 0. The second kappa shape index (κ2) is 25.7. The molecular weight excluding hydrogens is 931 g/mol. The average molecular weight is 992 g/mol. The second-order valence-electron chi connectivity index (χ2n) is 18.6. The first-order chi connectivity index (χ1) is 36.6. The zero-order chi connectivity index (χ0) is 50.2. The first-order valence-corrected chi connectivity index (χ1v) is 25.3. The lowest BCUT2D eigenvalue weighted by Crippen LogP contribution is -2.62. The maximum Gasteiger partial charge on any atom is 0.255 e. The van der Waals surface area contributed by atoms with Crippen LogP contribution in [0, 0.1) is 11.8 Å². The van der Waals surface area contributed by atoms with Crippen molar-refractivity contribution in [2.45, 2.75) is 76.5 Å². The normalized spacial score (nSPS) is 22.2. The van der Waals surface area contributed by atoms with Crippen LogP contribution in [0.25, 0.3) is 0 Å². The maximum absolute atomic E-state index is 14.4. The van der Waals surface area contributed by atoms with E-state index in [2.05, 4.69) is 11.4 Å². The summed E-state index contributed by atoms with van der Waals surface area (Å²) in [5, 5.41) is 3.10. The minimum Gasteiger partial charge on any atom is -0.471 e. The molecule has 10 rings (SSSR count). The molecule has 1 amide bonds. The van der Waals surface area contributed by atoms with Crippen LogP contribution < -0.4 is 10.1 Å². The highest BCUT2D eigenvalue weighted by Gasteiger charge is 2.52. The van der Waals surface area contributed by atoms with Gasteiger partial charge in [-0.3, -0.25) is 4.79 Å². The standard InChI is InChI=1S/C63H61NO10/c65-61(64-51-32-34-53(35-33-51)72-52-29-17-6-18-30-52)55-43-71-62(57-50(31-36-54(55)57)42-66-37-45-19-7-1-8-20-45)74-63-60(70-41-49-27-15-5-16-28-49)59(69-40-48-25-13-4-14-26-48)58(68-39-47-23-11-3-12-24-47)56(73-63)44-67-38-46-21-9-2-10-22-46/h1-35,43,54,56-60,62-63H,36-42,44H2,(H,64,65)/t54-,56-,57-,58-,59+,60-,62+,63+/m1/s1. The van der Waals surface area contributed by atoms with Gasteiger partial charge in [-0.25, -0.2) is 0 Å². The Kier molecular flexibility index (Phi) is 17.5. The third kappa shape index (κ3) is 13.5. The Bertz CT molecular complexity index is 2850. The van der Waals surface area contributed by atoms with Crippen molar-refractivity contribution in [2.24, 2.45) is 11.8 Å². The van der Waals surface area contributed by atoms with Crippen LogP contribution in [0.2, 0.25) is 0 Å². The summed E-state index contributed by atoms with van der Waals surface area (Å²) in [6.07, 6.45) is -0.640. The highest BCUT2D eigenvalue weighted by molar-refractivity contribution is 6.04. The van der Waals surface area contributed by atoms with Gasteiger partial charge in [0.1, 0.15) is 35.9 Å². The molecule has 0 unspecified atom stereocenters. The molecule has 0 radical (unpaired) electrons. The van der Waals surface area contributed by atoms with E-state index in [9.17, 15) is 4.79 Å². The number of hydrogen-bond donors (Lipinski definition) is 1. The van der Waals surface area contributed by atoms with Crippen molar-refractivity contribution in [3.63, 3.8) is 0 Å². The molecule has 378 valence electrons. The molecule has 1 fully saturated rings. The zero-order valence-electron chi connectivity index (χ0n) is 41.1. The van der Waals surface area contributed by atoms with Gasteiger partial charge in [0.2, 0.25) is 6.29 Å². The van der Waals surface area contributed by atoms with Crippen molar-refractivity contribution >= 4 is 11.6 Å². The molecular formula is C63H61NO10. The summed E-state index contributed by atoms with van der Waals surface area (Å²) in [7, 11) is 0. The average Bonchev–Trinajstić information content (AvgIpc) is 3.88. The molecule has 0 aromatic heterocycles. The van der Waals surface area contributed by atoms with Crippen molar-refractivity contribution in [3.05, 3.63) is 258 Å². The van der Waals surface area contributed by atoms with E-state index in [1.165, 1.54) is 6.26 Å². The predicted molar refractivity (Wildman–Crippen MR) is 281 cm³/mol. The van der Waals surface area contributed by atoms with Crippen LogP contribution in [0.3, 0.4) is 0 Å².